The lowest BCUT2D eigenvalue weighted by molar-refractivity contribution is -0.150. The first-order valence-corrected chi connectivity index (χ1v) is 18.3. The molecule has 0 amide bonds. The molecule has 3 atom stereocenters. The molecule has 0 bridgehead atoms. The highest BCUT2D eigenvalue weighted by atomic mass is 28.3. The average Bonchev–Trinajstić information content (AvgIpc) is 3.41. The van der Waals surface area contributed by atoms with Crippen molar-refractivity contribution in [1.82, 2.24) is 15.0 Å². The third-order valence-corrected chi connectivity index (χ3v) is 9.69. The van der Waals surface area contributed by atoms with E-state index in [1.807, 2.05) is 0 Å². The van der Waals surface area contributed by atoms with E-state index in [2.05, 4.69) is 30.0 Å². The Morgan fingerprint density at radius 1 is 0.977 bits per heavy atom. The standard InChI is InChI=1S/C33H36FN3O5Si/c1-43(2,3)19-18-41-33(40)30-24(20-37-32(39)27-6-4-5-7-29(27)35-36-37)12-17-28(30)31(38)23-10-15-26(16-11-23)42-21-22-8-13-25(34)14-9-22/h4-11,13-16,24,28,30H,12,17-21H2,1-3H3/t24-,28-,30-/m0/s1. The zero-order chi connectivity index (χ0) is 30.6. The molecule has 1 fully saturated rings. The Kier molecular flexibility index (Phi) is 9.15. The number of Topliss-reactive ketones (excluding diaryl/α,β-unsaturated/α-hetero) is 1. The van der Waals surface area contributed by atoms with Gasteiger partial charge in [-0.05, 0) is 78.9 Å². The van der Waals surface area contributed by atoms with Gasteiger partial charge in [0, 0.05) is 19.6 Å². The number of nitrogens with zero attached hydrogens (tertiary/aromatic N) is 3. The van der Waals surface area contributed by atoms with E-state index in [0.29, 0.717) is 41.7 Å². The van der Waals surface area contributed by atoms with Crippen LogP contribution < -0.4 is 10.3 Å². The molecule has 4 aromatic rings. The van der Waals surface area contributed by atoms with Crippen LogP contribution in [0.2, 0.25) is 25.7 Å². The van der Waals surface area contributed by atoms with Crippen molar-refractivity contribution < 1.29 is 23.5 Å². The molecule has 0 N–H and O–H groups in total. The normalized spacial score (nSPS) is 18.5. The van der Waals surface area contributed by atoms with Gasteiger partial charge in [0.1, 0.15) is 23.7 Å². The summed E-state index contributed by atoms with van der Waals surface area (Å²) in [6.45, 7) is 7.38. The Morgan fingerprint density at radius 3 is 2.42 bits per heavy atom. The van der Waals surface area contributed by atoms with Crippen LogP contribution in [0.3, 0.4) is 0 Å². The molecule has 1 saturated carbocycles. The van der Waals surface area contributed by atoms with Gasteiger partial charge in [-0.15, -0.1) is 5.10 Å². The maximum Gasteiger partial charge on any atom is 0.310 e. The van der Waals surface area contributed by atoms with Gasteiger partial charge in [-0.25, -0.2) is 9.07 Å². The second kappa shape index (κ2) is 13.0. The van der Waals surface area contributed by atoms with Crippen LogP contribution in [0.15, 0.2) is 77.6 Å². The van der Waals surface area contributed by atoms with Crippen LogP contribution in [0.5, 0.6) is 5.75 Å². The zero-order valence-corrected chi connectivity index (χ0v) is 25.7. The molecule has 0 aliphatic heterocycles. The topological polar surface area (TPSA) is 100 Å². The summed E-state index contributed by atoms with van der Waals surface area (Å²) >= 11 is 0. The van der Waals surface area contributed by atoms with Crippen LogP contribution in [0, 0.1) is 23.6 Å². The quantitative estimate of drug-likeness (QED) is 0.120. The molecule has 1 aliphatic rings. The van der Waals surface area contributed by atoms with Crippen molar-refractivity contribution in [2.75, 3.05) is 6.61 Å². The predicted octanol–water partition coefficient (Wildman–Crippen LogP) is 5.92. The van der Waals surface area contributed by atoms with E-state index >= 15 is 0 Å². The third-order valence-electron chi connectivity index (χ3n) is 7.99. The van der Waals surface area contributed by atoms with Crippen LogP contribution in [-0.2, 0) is 22.7 Å². The lowest BCUT2D eigenvalue weighted by Crippen LogP contribution is -2.36. The summed E-state index contributed by atoms with van der Waals surface area (Å²) in [6.07, 6.45) is 1.07. The second-order valence-corrected chi connectivity index (χ2v) is 18.0. The monoisotopic (exact) mass is 601 g/mol. The fourth-order valence-corrected chi connectivity index (χ4v) is 6.25. The minimum Gasteiger partial charge on any atom is -0.489 e. The van der Waals surface area contributed by atoms with Gasteiger partial charge in [-0.1, -0.05) is 49.1 Å². The number of hydrogen-bond acceptors (Lipinski definition) is 7. The van der Waals surface area contributed by atoms with Gasteiger partial charge in [-0.2, -0.15) is 0 Å². The molecular formula is C33H36FN3O5Si. The number of carbonyl (C=O) groups excluding carboxylic acids is 2. The Balaban J connectivity index is 1.33. The summed E-state index contributed by atoms with van der Waals surface area (Å²) in [5.74, 6) is -1.88. The first-order chi connectivity index (χ1) is 20.6. The molecule has 5 rings (SSSR count). The Morgan fingerprint density at radius 2 is 1.70 bits per heavy atom. The molecular weight excluding hydrogens is 565 g/mol. The molecule has 0 radical (unpaired) electrons. The predicted molar refractivity (Wildman–Crippen MR) is 164 cm³/mol. The summed E-state index contributed by atoms with van der Waals surface area (Å²) in [4.78, 5) is 40.5. The van der Waals surface area contributed by atoms with Crippen molar-refractivity contribution >= 4 is 30.7 Å². The molecule has 224 valence electrons. The molecule has 1 aromatic heterocycles. The fraction of sp³-hybridized carbons (Fsp3) is 0.364. The Bertz CT molecular complexity index is 1650. The minimum absolute atomic E-state index is 0.142. The highest BCUT2D eigenvalue weighted by Gasteiger charge is 2.46. The maximum absolute atomic E-state index is 13.8. The van der Waals surface area contributed by atoms with Gasteiger partial charge >= 0.3 is 5.97 Å². The van der Waals surface area contributed by atoms with Gasteiger partial charge in [0.15, 0.2) is 5.78 Å². The lowest BCUT2D eigenvalue weighted by Gasteiger charge is -2.24. The number of halogens is 1. The van der Waals surface area contributed by atoms with Crippen LogP contribution in [0.25, 0.3) is 10.9 Å². The number of rotatable bonds is 11. The number of ketones is 1. The number of esters is 1. The van der Waals surface area contributed by atoms with E-state index in [9.17, 15) is 18.8 Å². The van der Waals surface area contributed by atoms with Crippen LogP contribution in [0.4, 0.5) is 4.39 Å². The summed E-state index contributed by atoms with van der Waals surface area (Å²) in [5, 5.41) is 8.77. The number of fused-ring (bicyclic) bond motifs is 1. The summed E-state index contributed by atoms with van der Waals surface area (Å²) in [6, 6.07) is 20.7. The number of hydrogen-bond donors (Lipinski definition) is 0. The SMILES string of the molecule is C[Si](C)(C)CCOC(=O)[C@H]1[C@H](Cn2nnc3ccccc3c2=O)CC[C@@H]1C(=O)c1ccc(OCc2ccc(F)cc2)cc1. The van der Waals surface area contributed by atoms with Crippen LogP contribution >= 0.6 is 0 Å². The van der Waals surface area contributed by atoms with Crippen LogP contribution in [-0.4, -0.2) is 41.4 Å². The number of ether oxygens (including phenoxy) is 2. The van der Waals surface area contributed by atoms with Gasteiger partial charge in [0.05, 0.1) is 24.5 Å². The number of aromatic nitrogens is 3. The first-order valence-electron chi connectivity index (χ1n) is 14.6. The number of benzene rings is 3. The van der Waals surface area contributed by atoms with Crippen molar-refractivity contribution in [3.8, 4) is 5.75 Å². The third kappa shape index (κ3) is 7.43. The molecule has 1 heterocycles. The van der Waals surface area contributed by atoms with Crippen molar-refractivity contribution in [3.63, 3.8) is 0 Å². The van der Waals surface area contributed by atoms with E-state index in [-0.39, 0.29) is 36.2 Å². The van der Waals surface area contributed by atoms with Gasteiger partial charge in [0.2, 0.25) is 0 Å². The van der Waals surface area contributed by atoms with Crippen molar-refractivity contribution in [2.45, 2.75) is 51.7 Å². The number of carbonyl (C=O) groups is 2. The Hall–Kier alpha value is -4.18. The van der Waals surface area contributed by atoms with E-state index < -0.39 is 25.9 Å². The first kappa shape index (κ1) is 30.3. The fourth-order valence-electron chi connectivity index (χ4n) is 5.53. The van der Waals surface area contributed by atoms with E-state index in [0.717, 1.165) is 11.6 Å². The smallest absolute Gasteiger partial charge is 0.310 e. The largest absolute Gasteiger partial charge is 0.489 e. The second-order valence-electron chi connectivity index (χ2n) is 12.3. The van der Waals surface area contributed by atoms with E-state index in [1.165, 1.54) is 16.8 Å². The summed E-state index contributed by atoms with van der Waals surface area (Å²) in [7, 11) is -1.44. The molecule has 0 unspecified atom stereocenters. The average molecular weight is 602 g/mol. The maximum atomic E-state index is 13.8. The van der Waals surface area contributed by atoms with Gasteiger partial charge < -0.3 is 9.47 Å². The lowest BCUT2D eigenvalue weighted by atomic mass is 9.84. The zero-order valence-electron chi connectivity index (χ0n) is 24.7. The van der Waals surface area contributed by atoms with Gasteiger partial charge in [-0.3, -0.25) is 14.4 Å². The molecule has 10 heteroatoms. The van der Waals surface area contributed by atoms with Crippen molar-refractivity contribution in [3.05, 3.63) is 100 Å². The molecule has 0 saturated heterocycles. The highest BCUT2D eigenvalue weighted by Crippen LogP contribution is 2.41. The van der Waals surface area contributed by atoms with Crippen LogP contribution in [0.1, 0.15) is 28.8 Å². The molecule has 8 nitrogen and oxygen atoms in total. The van der Waals surface area contributed by atoms with E-state index in [1.54, 1.807) is 60.7 Å². The van der Waals surface area contributed by atoms with Crippen molar-refractivity contribution in [1.29, 1.82) is 0 Å². The van der Waals surface area contributed by atoms with Crippen molar-refractivity contribution in [2.24, 2.45) is 17.8 Å². The highest BCUT2D eigenvalue weighted by molar-refractivity contribution is 6.76. The summed E-state index contributed by atoms with van der Waals surface area (Å²) < 4.78 is 26.0. The van der Waals surface area contributed by atoms with E-state index in [4.69, 9.17) is 9.47 Å². The molecule has 3 aromatic carbocycles. The Labute approximate surface area is 250 Å². The molecule has 43 heavy (non-hydrogen) atoms. The summed E-state index contributed by atoms with van der Waals surface area (Å²) in [5.41, 5.74) is 1.53. The minimum atomic E-state index is -1.44. The molecule has 1 aliphatic carbocycles. The van der Waals surface area contributed by atoms with Gasteiger partial charge in [0.25, 0.3) is 5.56 Å². The molecule has 0 spiro atoms.